The second-order valence-corrected chi connectivity index (χ2v) is 8.90. The third-order valence-corrected chi connectivity index (χ3v) is 5.95. The molecule has 4 aromatic rings. The monoisotopic (exact) mass is 440 g/mol. The first-order valence-corrected chi connectivity index (χ1v) is 11.5. The molecule has 0 aliphatic carbocycles. The number of fused-ring (bicyclic) bond motifs is 1. The largest absolute Gasteiger partial charge is 0.355 e. The summed E-state index contributed by atoms with van der Waals surface area (Å²) in [5.41, 5.74) is 5.65. The normalized spacial score (nSPS) is 12.2. The van der Waals surface area contributed by atoms with Gasteiger partial charge >= 0.3 is 0 Å². The van der Waals surface area contributed by atoms with Crippen LogP contribution in [0, 0.1) is 6.92 Å². The number of nitrogens with zero attached hydrogens (tertiary/aromatic N) is 3. The maximum Gasteiger partial charge on any atom is 0.220 e. The van der Waals surface area contributed by atoms with Crippen molar-refractivity contribution in [2.75, 3.05) is 27.2 Å². The van der Waals surface area contributed by atoms with Crippen molar-refractivity contribution < 1.29 is 4.79 Å². The molecule has 0 spiro atoms. The summed E-state index contributed by atoms with van der Waals surface area (Å²) in [4.78, 5) is 19.7. The van der Waals surface area contributed by atoms with Crippen molar-refractivity contribution in [1.82, 2.24) is 19.8 Å². The number of nitrogens with one attached hydrogen (secondary N) is 1. The van der Waals surface area contributed by atoms with E-state index in [1.165, 1.54) is 11.1 Å². The molecule has 0 saturated heterocycles. The van der Waals surface area contributed by atoms with Gasteiger partial charge in [-0.25, -0.2) is 4.98 Å². The van der Waals surface area contributed by atoms with Crippen LogP contribution in [0.25, 0.3) is 11.0 Å². The fraction of sp³-hybridized carbons (Fsp3) is 0.286. The van der Waals surface area contributed by atoms with E-state index in [-0.39, 0.29) is 11.8 Å². The van der Waals surface area contributed by atoms with E-state index in [4.69, 9.17) is 4.98 Å². The first-order valence-electron chi connectivity index (χ1n) is 11.5. The summed E-state index contributed by atoms with van der Waals surface area (Å²) in [5.74, 6) is 0.0178. The van der Waals surface area contributed by atoms with Crippen molar-refractivity contribution in [2.45, 2.75) is 25.8 Å². The highest BCUT2D eigenvalue weighted by Crippen LogP contribution is 2.34. The summed E-state index contributed by atoms with van der Waals surface area (Å²) in [6.45, 7) is 4.30. The number of likely N-dealkylation sites (N-methyl/N-ethyl adjacent to an activating group) is 1. The van der Waals surface area contributed by atoms with E-state index >= 15 is 0 Å². The second-order valence-electron chi connectivity index (χ2n) is 8.90. The van der Waals surface area contributed by atoms with Crippen LogP contribution in [0.15, 0.2) is 79.1 Å². The first kappa shape index (κ1) is 22.7. The molecule has 5 nitrogen and oxygen atoms in total. The maximum atomic E-state index is 12.9. The average Bonchev–Trinajstić information content (AvgIpc) is 3.16. The molecule has 170 valence electrons. The van der Waals surface area contributed by atoms with E-state index in [0.29, 0.717) is 13.0 Å². The lowest BCUT2D eigenvalue weighted by Crippen LogP contribution is -2.32. The van der Waals surface area contributed by atoms with E-state index in [1.807, 2.05) is 32.4 Å². The van der Waals surface area contributed by atoms with E-state index in [1.54, 1.807) is 0 Å². The Balaban J connectivity index is 1.72. The number of carbonyl (C=O) groups excluding carboxylic acids is 1. The van der Waals surface area contributed by atoms with Gasteiger partial charge in [0.1, 0.15) is 5.65 Å². The van der Waals surface area contributed by atoms with Crippen LogP contribution in [-0.2, 0) is 11.3 Å². The van der Waals surface area contributed by atoms with Gasteiger partial charge in [0.15, 0.2) is 0 Å². The van der Waals surface area contributed by atoms with Crippen molar-refractivity contribution in [3.8, 4) is 0 Å². The highest BCUT2D eigenvalue weighted by molar-refractivity contribution is 5.84. The molecule has 0 aliphatic rings. The fourth-order valence-electron chi connectivity index (χ4n) is 4.30. The molecule has 0 radical (unpaired) electrons. The maximum absolute atomic E-state index is 12.9. The van der Waals surface area contributed by atoms with Gasteiger partial charge in [0.05, 0.1) is 0 Å². The molecule has 0 bridgehead atoms. The SMILES string of the molecule is Cc1cccc(C(CC(=O)NCCN(C)C)c2cn(Cc3ccccc3)c3ncccc23)c1. The predicted octanol–water partition coefficient (Wildman–Crippen LogP) is 4.59. The zero-order chi connectivity index (χ0) is 23.2. The molecule has 2 aromatic carbocycles. The molecule has 1 amide bonds. The van der Waals surface area contributed by atoms with Gasteiger partial charge in [0, 0.05) is 49.8 Å². The molecular formula is C28H32N4O. The Hall–Kier alpha value is -3.44. The van der Waals surface area contributed by atoms with E-state index in [2.05, 4.69) is 82.5 Å². The molecule has 33 heavy (non-hydrogen) atoms. The van der Waals surface area contributed by atoms with Gasteiger partial charge in [0.25, 0.3) is 0 Å². The molecule has 2 heterocycles. The lowest BCUT2D eigenvalue weighted by molar-refractivity contribution is -0.121. The van der Waals surface area contributed by atoms with Gasteiger partial charge in [0.2, 0.25) is 5.91 Å². The Bertz CT molecular complexity index is 1210. The summed E-state index contributed by atoms with van der Waals surface area (Å²) in [5, 5.41) is 4.19. The van der Waals surface area contributed by atoms with Gasteiger partial charge in [-0.2, -0.15) is 0 Å². The highest BCUT2D eigenvalue weighted by atomic mass is 16.1. The minimum absolute atomic E-state index is 0.0482. The number of hydrogen-bond donors (Lipinski definition) is 1. The molecule has 5 heteroatoms. The van der Waals surface area contributed by atoms with Crippen LogP contribution < -0.4 is 5.32 Å². The van der Waals surface area contributed by atoms with Crippen molar-refractivity contribution in [3.63, 3.8) is 0 Å². The lowest BCUT2D eigenvalue weighted by Gasteiger charge is -2.18. The summed E-state index contributed by atoms with van der Waals surface area (Å²) in [6, 6.07) is 23.0. The van der Waals surface area contributed by atoms with Crippen molar-refractivity contribution in [2.24, 2.45) is 0 Å². The molecular weight excluding hydrogens is 408 g/mol. The van der Waals surface area contributed by atoms with E-state index < -0.39 is 0 Å². The van der Waals surface area contributed by atoms with Crippen molar-refractivity contribution >= 4 is 16.9 Å². The second kappa shape index (κ2) is 10.5. The smallest absolute Gasteiger partial charge is 0.220 e. The van der Waals surface area contributed by atoms with Crippen LogP contribution in [-0.4, -0.2) is 47.5 Å². The third kappa shape index (κ3) is 5.68. The Morgan fingerprint density at radius 2 is 1.88 bits per heavy atom. The third-order valence-electron chi connectivity index (χ3n) is 5.95. The fourth-order valence-corrected chi connectivity index (χ4v) is 4.30. The topological polar surface area (TPSA) is 50.2 Å². The van der Waals surface area contributed by atoms with Crippen molar-refractivity contribution in [1.29, 1.82) is 0 Å². The highest BCUT2D eigenvalue weighted by Gasteiger charge is 2.23. The Labute approximate surface area is 196 Å². The van der Waals surface area contributed by atoms with E-state index in [0.717, 1.165) is 35.2 Å². The van der Waals surface area contributed by atoms with Gasteiger partial charge in [-0.3, -0.25) is 4.79 Å². The van der Waals surface area contributed by atoms with Gasteiger partial charge < -0.3 is 14.8 Å². The number of carbonyl (C=O) groups is 1. The van der Waals surface area contributed by atoms with Crippen molar-refractivity contribution in [3.05, 3.63) is 101 Å². The summed E-state index contributed by atoms with van der Waals surface area (Å²) in [7, 11) is 4.02. The quantitative estimate of drug-likeness (QED) is 0.414. The number of pyridine rings is 1. The number of hydrogen-bond acceptors (Lipinski definition) is 3. The molecule has 2 aromatic heterocycles. The molecule has 0 saturated carbocycles. The molecule has 4 rings (SSSR count). The number of aryl methyl sites for hydroxylation is 1. The number of benzene rings is 2. The zero-order valence-corrected chi connectivity index (χ0v) is 19.7. The summed E-state index contributed by atoms with van der Waals surface area (Å²) >= 11 is 0. The van der Waals surface area contributed by atoms with Crippen LogP contribution in [0.3, 0.4) is 0 Å². The lowest BCUT2D eigenvalue weighted by atomic mass is 9.87. The Morgan fingerprint density at radius 1 is 1.06 bits per heavy atom. The van der Waals surface area contributed by atoms with Crippen LogP contribution >= 0.6 is 0 Å². The molecule has 0 aliphatic heterocycles. The van der Waals surface area contributed by atoms with Gasteiger partial charge in [-0.1, -0.05) is 60.2 Å². The van der Waals surface area contributed by atoms with Crippen LogP contribution in [0.4, 0.5) is 0 Å². The average molecular weight is 441 g/mol. The van der Waals surface area contributed by atoms with Crippen LogP contribution in [0.5, 0.6) is 0 Å². The number of amides is 1. The van der Waals surface area contributed by atoms with Gasteiger partial charge in [-0.05, 0) is 49.8 Å². The number of aromatic nitrogens is 2. The van der Waals surface area contributed by atoms with E-state index in [9.17, 15) is 4.79 Å². The summed E-state index contributed by atoms with van der Waals surface area (Å²) < 4.78 is 2.20. The molecule has 1 unspecified atom stereocenters. The van der Waals surface area contributed by atoms with Crippen LogP contribution in [0.1, 0.15) is 34.6 Å². The van der Waals surface area contributed by atoms with Crippen LogP contribution in [0.2, 0.25) is 0 Å². The zero-order valence-electron chi connectivity index (χ0n) is 19.7. The molecule has 1 N–H and O–H groups in total. The minimum atomic E-state index is -0.0482. The standard InChI is InChI=1S/C28H32N4O/c1-21-9-7-12-23(17-21)25(18-27(33)29-15-16-31(2)3)26-20-32(19-22-10-5-4-6-11-22)28-24(26)13-8-14-30-28/h4-14,17,20,25H,15-16,18-19H2,1-3H3,(H,29,33). The Morgan fingerprint density at radius 3 is 2.64 bits per heavy atom. The minimum Gasteiger partial charge on any atom is -0.355 e. The van der Waals surface area contributed by atoms with Gasteiger partial charge in [-0.15, -0.1) is 0 Å². The molecule has 1 atom stereocenters. The first-order chi connectivity index (χ1) is 16.0. The Kier molecular flexibility index (Phi) is 7.20. The summed E-state index contributed by atoms with van der Waals surface area (Å²) in [6.07, 6.45) is 4.42. The number of rotatable bonds is 9. The molecule has 0 fully saturated rings. The predicted molar refractivity (Wildman–Crippen MR) is 134 cm³/mol.